The van der Waals surface area contributed by atoms with E-state index in [9.17, 15) is 0 Å². The van der Waals surface area contributed by atoms with E-state index >= 15 is 0 Å². The van der Waals surface area contributed by atoms with Crippen LogP contribution in [-0.2, 0) is 4.74 Å². The Balaban J connectivity index is 4.11. The largest absolute Gasteiger partial charge is 0.501 e. The molecule has 0 saturated heterocycles. The lowest BCUT2D eigenvalue weighted by Gasteiger charge is -1.97. The third-order valence-corrected chi connectivity index (χ3v) is 1.00. The first kappa shape index (κ1) is 8.82. The maximum Gasteiger partial charge on any atom is 0.0945 e. The van der Waals surface area contributed by atoms with E-state index in [1.54, 1.807) is 25.3 Å². The van der Waals surface area contributed by atoms with Crippen LogP contribution in [0.25, 0.3) is 0 Å². The van der Waals surface area contributed by atoms with E-state index in [0.717, 1.165) is 5.76 Å². The molecule has 2 heteroatoms. The van der Waals surface area contributed by atoms with E-state index in [-0.39, 0.29) is 0 Å². The van der Waals surface area contributed by atoms with Crippen molar-refractivity contribution in [2.45, 2.75) is 6.92 Å². The van der Waals surface area contributed by atoms with Crippen molar-refractivity contribution in [3.05, 3.63) is 36.3 Å². The highest BCUT2D eigenvalue weighted by atomic mass is 16.5. The molecule has 0 spiro atoms. The number of hydrogen-bond donors (Lipinski definition) is 1. The lowest BCUT2D eigenvalue weighted by Crippen LogP contribution is -1.93. The van der Waals surface area contributed by atoms with Gasteiger partial charge in [0.25, 0.3) is 0 Å². The summed E-state index contributed by atoms with van der Waals surface area (Å²) >= 11 is 0. The fraction of sp³-hybridized carbons (Fsp3) is 0.250. The van der Waals surface area contributed by atoms with E-state index < -0.39 is 0 Å². The molecule has 0 rings (SSSR count). The molecule has 2 nitrogen and oxygen atoms in total. The average Bonchev–Trinajstić information content (AvgIpc) is 1.88. The van der Waals surface area contributed by atoms with Crippen LogP contribution in [0, 0.1) is 0 Å². The van der Waals surface area contributed by atoms with E-state index in [4.69, 9.17) is 10.5 Å². The molecule has 0 aliphatic rings. The maximum absolute atomic E-state index is 5.49. The Morgan fingerprint density at radius 3 is 2.60 bits per heavy atom. The van der Waals surface area contributed by atoms with Gasteiger partial charge in [-0.3, -0.25) is 0 Å². The summed E-state index contributed by atoms with van der Waals surface area (Å²) in [6, 6.07) is 0. The van der Waals surface area contributed by atoms with Gasteiger partial charge in [-0.05, 0) is 19.1 Å². The van der Waals surface area contributed by atoms with Gasteiger partial charge in [0.1, 0.15) is 0 Å². The Hall–Kier alpha value is -1.18. The fourth-order valence-corrected chi connectivity index (χ4v) is 0.478. The third-order valence-electron chi connectivity index (χ3n) is 1.00. The minimum Gasteiger partial charge on any atom is -0.501 e. The number of hydrogen-bond acceptors (Lipinski definition) is 2. The molecule has 10 heavy (non-hydrogen) atoms. The summed E-state index contributed by atoms with van der Waals surface area (Å²) in [5.74, 6) is 0.788. The van der Waals surface area contributed by atoms with Gasteiger partial charge in [0.15, 0.2) is 0 Å². The Kier molecular flexibility index (Phi) is 4.12. The van der Waals surface area contributed by atoms with E-state index in [2.05, 4.69) is 6.58 Å². The smallest absolute Gasteiger partial charge is 0.0945 e. The van der Waals surface area contributed by atoms with Gasteiger partial charge in [-0.15, -0.1) is 0 Å². The minimum atomic E-state index is 0.648. The van der Waals surface area contributed by atoms with Gasteiger partial charge in [-0.25, -0.2) is 0 Å². The normalized spacial score (nSPS) is 13.0. The van der Waals surface area contributed by atoms with Crippen LogP contribution >= 0.6 is 0 Å². The molecular weight excluding hydrogens is 126 g/mol. The van der Waals surface area contributed by atoms with Crippen molar-refractivity contribution in [1.29, 1.82) is 0 Å². The quantitative estimate of drug-likeness (QED) is 0.475. The Morgan fingerprint density at radius 1 is 1.60 bits per heavy atom. The molecule has 0 bridgehead atoms. The molecule has 56 valence electrons. The van der Waals surface area contributed by atoms with Crippen LogP contribution in [0.5, 0.6) is 0 Å². The van der Waals surface area contributed by atoms with Gasteiger partial charge in [0, 0.05) is 5.70 Å². The molecular formula is C8H13NO. The second kappa shape index (κ2) is 4.68. The minimum absolute atomic E-state index is 0.648. The van der Waals surface area contributed by atoms with Crippen molar-refractivity contribution < 1.29 is 4.74 Å². The maximum atomic E-state index is 5.49. The summed E-state index contributed by atoms with van der Waals surface area (Å²) in [6.07, 6.45) is 5.08. The fourth-order valence-electron chi connectivity index (χ4n) is 0.478. The van der Waals surface area contributed by atoms with Gasteiger partial charge in [-0.1, -0.05) is 12.7 Å². The van der Waals surface area contributed by atoms with Crippen LogP contribution in [0.1, 0.15) is 6.92 Å². The molecule has 0 aliphatic heterocycles. The first-order chi connectivity index (χ1) is 4.70. The number of allylic oxidation sites excluding steroid dienone is 4. The van der Waals surface area contributed by atoms with Gasteiger partial charge < -0.3 is 10.5 Å². The molecule has 0 heterocycles. The van der Waals surface area contributed by atoms with Gasteiger partial charge >= 0.3 is 0 Å². The summed E-state index contributed by atoms with van der Waals surface area (Å²) < 4.78 is 4.87. The van der Waals surface area contributed by atoms with Crippen LogP contribution in [-0.4, -0.2) is 7.11 Å². The molecule has 0 fully saturated rings. The molecule has 0 atom stereocenters. The zero-order chi connectivity index (χ0) is 7.98. The van der Waals surface area contributed by atoms with Gasteiger partial charge in [-0.2, -0.15) is 0 Å². The number of methoxy groups -OCH3 is 1. The monoisotopic (exact) mass is 139 g/mol. The SMILES string of the molecule is C=C/C=C(N)\C=C(/C)OC. The van der Waals surface area contributed by atoms with Crippen molar-refractivity contribution in [2.24, 2.45) is 5.73 Å². The molecule has 0 aromatic rings. The Bertz CT molecular complexity index is 168. The Morgan fingerprint density at radius 2 is 2.20 bits per heavy atom. The second-order valence-corrected chi connectivity index (χ2v) is 1.86. The topological polar surface area (TPSA) is 35.2 Å². The molecule has 0 aromatic heterocycles. The zero-order valence-corrected chi connectivity index (χ0v) is 6.42. The zero-order valence-electron chi connectivity index (χ0n) is 6.42. The number of rotatable bonds is 3. The predicted octanol–water partition coefficient (Wildman–Crippen LogP) is 1.57. The summed E-state index contributed by atoms with van der Waals surface area (Å²) in [7, 11) is 1.60. The highest BCUT2D eigenvalue weighted by molar-refractivity contribution is 5.20. The standard InChI is InChI=1S/C8H13NO/c1-4-5-8(9)6-7(2)10-3/h4-6H,1,9H2,2-3H3/b7-6+,8-5+. The average molecular weight is 139 g/mol. The lowest BCUT2D eigenvalue weighted by atomic mass is 10.3. The third kappa shape index (κ3) is 3.78. The number of nitrogens with two attached hydrogens (primary N) is 1. The lowest BCUT2D eigenvalue weighted by molar-refractivity contribution is 0.293. The van der Waals surface area contributed by atoms with Crippen LogP contribution in [0.4, 0.5) is 0 Å². The molecule has 2 N–H and O–H groups in total. The molecule has 0 unspecified atom stereocenters. The van der Waals surface area contributed by atoms with E-state index in [1.165, 1.54) is 0 Å². The number of ether oxygens (including phenoxy) is 1. The molecule has 0 aromatic carbocycles. The van der Waals surface area contributed by atoms with Gasteiger partial charge in [0.05, 0.1) is 12.9 Å². The second-order valence-electron chi connectivity index (χ2n) is 1.86. The molecule has 0 radical (unpaired) electrons. The first-order valence-corrected chi connectivity index (χ1v) is 3.01. The highest BCUT2D eigenvalue weighted by Gasteiger charge is 1.84. The molecule has 0 aliphatic carbocycles. The van der Waals surface area contributed by atoms with E-state index in [0.29, 0.717) is 5.70 Å². The van der Waals surface area contributed by atoms with Crippen molar-refractivity contribution in [2.75, 3.05) is 7.11 Å². The first-order valence-electron chi connectivity index (χ1n) is 3.01. The summed E-state index contributed by atoms with van der Waals surface area (Å²) in [6.45, 7) is 5.34. The van der Waals surface area contributed by atoms with Crippen LogP contribution in [0.3, 0.4) is 0 Å². The molecule has 0 amide bonds. The highest BCUT2D eigenvalue weighted by Crippen LogP contribution is 1.96. The van der Waals surface area contributed by atoms with Crippen molar-refractivity contribution in [3.63, 3.8) is 0 Å². The van der Waals surface area contributed by atoms with Crippen LogP contribution in [0.15, 0.2) is 36.3 Å². The summed E-state index contributed by atoms with van der Waals surface area (Å²) in [5.41, 5.74) is 6.14. The summed E-state index contributed by atoms with van der Waals surface area (Å²) in [4.78, 5) is 0. The van der Waals surface area contributed by atoms with Gasteiger partial charge in [0.2, 0.25) is 0 Å². The van der Waals surface area contributed by atoms with Crippen molar-refractivity contribution in [1.82, 2.24) is 0 Å². The van der Waals surface area contributed by atoms with Crippen molar-refractivity contribution >= 4 is 0 Å². The van der Waals surface area contributed by atoms with E-state index in [1.807, 2.05) is 6.92 Å². The van der Waals surface area contributed by atoms with Crippen molar-refractivity contribution in [3.8, 4) is 0 Å². The Labute approximate surface area is 61.7 Å². The molecule has 0 saturated carbocycles. The predicted molar refractivity (Wildman–Crippen MR) is 43.2 cm³/mol. The van der Waals surface area contributed by atoms with Crippen LogP contribution in [0.2, 0.25) is 0 Å². The van der Waals surface area contributed by atoms with Crippen LogP contribution < -0.4 is 5.73 Å². The summed E-state index contributed by atoms with van der Waals surface area (Å²) in [5, 5.41) is 0.